The van der Waals surface area contributed by atoms with Crippen molar-refractivity contribution >= 4 is 12.2 Å². The third-order valence-corrected chi connectivity index (χ3v) is 3.38. The molecule has 0 saturated heterocycles. The lowest BCUT2D eigenvalue weighted by Crippen LogP contribution is -2.38. The maximum atomic E-state index is 10.6. The quantitative estimate of drug-likeness (QED) is 0.686. The second-order valence-corrected chi connectivity index (χ2v) is 4.70. The topological polar surface area (TPSA) is 55.3 Å². The minimum absolute atomic E-state index is 0.419. The molecule has 1 saturated carbocycles. The Kier molecular flexibility index (Phi) is 4.25. The summed E-state index contributed by atoms with van der Waals surface area (Å²) in [5.41, 5.74) is 0.504. The number of hydrogen-bond acceptors (Lipinski definition) is 5. The Morgan fingerprint density at radius 3 is 2.67 bits per heavy atom. The van der Waals surface area contributed by atoms with Crippen LogP contribution in [0, 0.1) is 5.92 Å². The minimum Gasteiger partial charge on any atom is -0.383 e. The molecule has 1 aliphatic carbocycles. The zero-order valence-electron chi connectivity index (χ0n) is 10.9. The van der Waals surface area contributed by atoms with Crippen molar-refractivity contribution in [3.05, 3.63) is 18.0 Å². The fourth-order valence-electron chi connectivity index (χ4n) is 2.05. The molecule has 0 aromatic carbocycles. The van der Waals surface area contributed by atoms with Crippen molar-refractivity contribution in [3.8, 4) is 0 Å². The number of carbonyl (C=O) groups is 1. The van der Waals surface area contributed by atoms with Crippen molar-refractivity contribution in [3.63, 3.8) is 0 Å². The third-order valence-electron chi connectivity index (χ3n) is 3.38. The lowest BCUT2D eigenvalue weighted by Gasteiger charge is -2.29. The van der Waals surface area contributed by atoms with E-state index in [1.807, 2.05) is 0 Å². The summed E-state index contributed by atoms with van der Waals surface area (Å²) in [6.45, 7) is 3.62. The third kappa shape index (κ3) is 3.04. The van der Waals surface area contributed by atoms with E-state index in [0.717, 1.165) is 18.7 Å². The molecule has 1 aliphatic rings. The number of rotatable bonds is 7. The van der Waals surface area contributed by atoms with Gasteiger partial charge >= 0.3 is 0 Å². The predicted molar refractivity (Wildman–Crippen MR) is 68.8 cm³/mol. The molecule has 5 heteroatoms. The summed E-state index contributed by atoms with van der Waals surface area (Å²) in [5, 5.41) is 0. The van der Waals surface area contributed by atoms with Crippen LogP contribution < -0.4 is 4.90 Å². The number of ether oxygens (including phenoxy) is 1. The molecule has 18 heavy (non-hydrogen) atoms. The van der Waals surface area contributed by atoms with E-state index in [9.17, 15) is 4.79 Å². The Morgan fingerprint density at radius 1 is 1.50 bits per heavy atom. The van der Waals surface area contributed by atoms with E-state index in [1.165, 1.54) is 12.8 Å². The highest BCUT2D eigenvalue weighted by Crippen LogP contribution is 2.35. The van der Waals surface area contributed by atoms with E-state index in [0.29, 0.717) is 24.2 Å². The molecule has 5 nitrogen and oxygen atoms in total. The first kappa shape index (κ1) is 13.0. The lowest BCUT2D eigenvalue weighted by atomic mass is 10.2. The van der Waals surface area contributed by atoms with Crippen LogP contribution in [0.5, 0.6) is 0 Å². The van der Waals surface area contributed by atoms with Gasteiger partial charge in [0.1, 0.15) is 0 Å². The molecule has 1 aromatic heterocycles. The normalized spacial score (nSPS) is 16.3. The Labute approximate surface area is 107 Å². The van der Waals surface area contributed by atoms with Crippen molar-refractivity contribution in [2.75, 3.05) is 25.2 Å². The fourth-order valence-corrected chi connectivity index (χ4v) is 2.05. The van der Waals surface area contributed by atoms with Gasteiger partial charge in [0.2, 0.25) is 5.95 Å². The predicted octanol–water partition coefficient (Wildman–Crippen LogP) is 1.54. The van der Waals surface area contributed by atoms with Gasteiger partial charge in [-0.1, -0.05) is 0 Å². The van der Waals surface area contributed by atoms with Crippen LogP contribution in [0.25, 0.3) is 0 Å². The smallest absolute Gasteiger partial charge is 0.225 e. The lowest BCUT2D eigenvalue weighted by molar-refractivity contribution is 0.112. The molecule has 1 atom stereocenters. The van der Waals surface area contributed by atoms with Gasteiger partial charge in [-0.3, -0.25) is 4.79 Å². The average molecular weight is 249 g/mol. The molecule has 98 valence electrons. The Bertz CT molecular complexity index is 390. The van der Waals surface area contributed by atoms with Crippen LogP contribution in [0.2, 0.25) is 0 Å². The van der Waals surface area contributed by atoms with Gasteiger partial charge in [-0.15, -0.1) is 0 Å². The number of anilines is 1. The summed E-state index contributed by atoms with van der Waals surface area (Å²) in [6, 6.07) is 0.419. The zero-order valence-corrected chi connectivity index (χ0v) is 10.9. The van der Waals surface area contributed by atoms with Gasteiger partial charge in [0.15, 0.2) is 6.29 Å². The molecule has 1 fully saturated rings. The first-order valence-electron chi connectivity index (χ1n) is 6.29. The standard InChI is InChI=1S/C13H19N3O2/c1-10(12-3-4-12)16(5-6-18-2)13-14-7-11(9-17)8-15-13/h7-10,12H,3-6H2,1-2H3. The Morgan fingerprint density at radius 2 is 2.17 bits per heavy atom. The van der Waals surface area contributed by atoms with E-state index in [-0.39, 0.29) is 0 Å². The summed E-state index contributed by atoms with van der Waals surface area (Å²) in [7, 11) is 1.69. The highest BCUT2D eigenvalue weighted by atomic mass is 16.5. The first-order valence-corrected chi connectivity index (χ1v) is 6.29. The van der Waals surface area contributed by atoms with Crippen LogP contribution in [0.4, 0.5) is 5.95 Å². The zero-order chi connectivity index (χ0) is 13.0. The number of hydrogen-bond donors (Lipinski definition) is 0. The molecule has 0 bridgehead atoms. The van der Waals surface area contributed by atoms with E-state index >= 15 is 0 Å². The maximum absolute atomic E-state index is 10.6. The number of methoxy groups -OCH3 is 1. The van der Waals surface area contributed by atoms with Gasteiger partial charge in [0, 0.05) is 32.1 Å². The molecule has 0 spiro atoms. The van der Waals surface area contributed by atoms with Crippen LogP contribution in [0.3, 0.4) is 0 Å². The molecule has 1 heterocycles. The molecule has 1 aromatic rings. The van der Waals surface area contributed by atoms with Crippen LogP contribution in [0.15, 0.2) is 12.4 Å². The fraction of sp³-hybridized carbons (Fsp3) is 0.615. The summed E-state index contributed by atoms with van der Waals surface area (Å²) in [4.78, 5) is 21.3. The molecular weight excluding hydrogens is 230 g/mol. The second kappa shape index (κ2) is 5.91. The van der Waals surface area contributed by atoms with Gasteiger partial charge in [-0.05, 0) is 25.7 Å². The summed E-state index contributed by atoms with van der Waals surface area (Å²) < 4.78 is 5.14. The number of aromatic nitrogens is 2. The molecule has 0 radical (unpaired) electrons. The van der Waals surface area contributed by atoms with E-state index < -0.39 is 0 Å². The van der Waals surface area contributed by atoms with Crippen LogP contribution in [-0.4, -0.2) is 42.6 Å². The van der Waals surface area contributed by atoms with Gasteiger partial charge in [0.25, 0.3) is 0 Å². The molecule has 0 aliphatic heterocycles. The highest BCUT2D eigenvalue weighted by Gasteiger charge is 2.32. The molecular formula is C13H19N3O2. The largest absolute Gasteiger partial charge is 0.383 e. The molecule has 2 rings (SSSR count). The van der Waals surface area contributed by atoms with Gasteiger partial charge in [-0.2, -0.15) is 0 Å². The molecule has 0 N–H and O–H groups in total. The number of carbonyl (C=O) groups excluding carboxylic acids is 1. The van der Waals surface area contributed by atoms with Crippen LogP contribution in [-0.2, 0) is 4.74 Å². The molecule has 1 unspecified atom stereocenters. The number of aldehydes is 1. The molecule has 0 amide bonds. The number of nitrogens with zero attached hydrogens (tertiary/aromatic N) is 3. The monoisotopic (exact) mass is 249 g/mol. The van der Waals surface area contributed by atoms with Crippen molar-refractivity contribution in [1.82, 2.24) is 9.97 Å². The Balaban J connectivity index is 2.12. The van der Waals surface area contributed by atoms with E-state index in [4.69, 9.17) is 4.74 Å². The summed E-state index contributed by atoms with van der Waals surface area (Å²) in [5.74, 6) is 1.41. The minimum atomic E-state index is 0.419. The van der Waals surface area contributed by atoms with Crippen molar-refractivity contribution < 1.29 is 9.53 Å². The SMILES string of the molecule is COCCN(c1ncc(C=O)cn1)C(C)C1CC1. The van der Waals surface area contributed by atoms with E-state index in [1.54, 1.807) is 19.5 Å². The summed E-state index contributed by atoms with van der Waals surface area (Å²) >= 11 is 0. The summed E-state index contributed by atoms with van der Waals surface area (Å²) in [6.07, 6.45) is 6.44. The van der Waals surface area contributed by atoms with Gasteiger partial charge in [0.05, 0.1) is 12.2 Å². The van der Waals surface area contributed by atoms with Gasteiger partial charge in [-0.25, -0.2) is 9.97 Å². The maximum Gasteiger partial charge on any atom is 0.225 e. The van der Waals surface area contributed by atoms with Crippen molar-refractivity contribution in [1.29, 1.82) is 0 Å². The highest BCUT2D eigenvalue weighted by molar-refractivity contribution is 5.73. The van der Waals surface area contributed by atoms with Crippen LogP contribution in [0.1, 0.15) is 30.1 Å². The van der Waals surface area contributed by atoms with Gasteiger partial charge < -0.3 is 9.64 Å². The second-order valence-electron chi connectivity index (χ2n) is 4.70. The van der Waals surface area contributed by atoms with Crippen molar-refractivity contribution in [2.24, 2.45) is 5.92 Å². The van der Waals surface area contributed by atoms with E-state index in [2.05, 4.69) is 21.8 Å². The average Bonchev–Trinajstić information content (AvgIpc) is 3.24. The van der Waals surface area contributed by atoms with Crippen molar-refractivity contribution in [2.45, 2.75) is 25.8 Å². The van der Waals surface area contributed by atoms with Crippen LogP contribution >= 0.6 is 0 Å². The Hall–Kier alpha value is -1.49. The first-order chi connectivity index (χ1) is 8.76.